The summed E-state index contributed by atoms with van der Waals surface area (Å²) in [5, 5.41) is 13.7. The monoisotopic (exact) mass is 212 g/mol. The van der Waals surface area contributed by atoms with Crippen LogP contribution in [-0.4, -0.2) is 30.2 Å². The topological polar surface area (TPSA) is 78.4 Å². The number of terminal acetylenes is 1. The maximum Gasteiger partial charge on any atom is 0.314 e. The fourth-order valence-electron chi connectivity index (χ4n) is 0.836. The molecule has 0 aromatic rings. The van der Waals surface area contributed by atoms with Crippen molar-refractivity contribution in [2.24, 2.45) is 5.92 Å². The zero-order chi connectivity index (χ0) is 11.7. The number of urea groups is 1. The van der Waals surface area contributed by atoms with E-state index < -0.39 is 11.9 Å². The number of carboxylic acids is 1. The minimum absolute atomic E-state index is 0.317. The van der Waals surface area contributed by atoms with Gasteiger partial charge in [-0.15, -0.1) is 12.3 Å². The summed E-state index contributed by atoms with van der Waals surface area (Å²) >= 11 is 0. The van der Waals surface area contributed by atoms with Crippen molar-refractivity contribution in [3.8, 4) is 12.3 Å². The van der Waals surface area contributed by atoms with E-state index in [0.717, 1.165) is 0 Å². The maximum atomic E-state index is 11.0. The van der Waals surface area contributed by atoms with Gasteiger partial charge in [0.1, 0.15) is 0 Å². The molecule has 0 aromatic carbocycles. The average molecular weight is 212 g/mol. The molecule has 0 aliphatic heterocycles. The second kappa shape index (κ2) is 7.68. The van der Waals surface area contributed by atoms with Crippen LogP contribution in [0, 0.1) is 18.3 Å². The van der Waals surface area contributed by atoms with Crippen molar-refractivity contribution in [3.63, 3.8) is 0 Å². The van der Waals surface area contributed by atoms with Crippen LogP contribution in [-0.2, 0) is 4.79 Å². The summed E-state index contributed by atoms with van der Waals surface area (Å²) in [5.74, 6) is 1.09. The van der Waals surface area contributed by atoms with Crippen molar-refractivity contribution in [3.05, 3.63) is 0 Å². The molecule has 1 unspecified atom stereocenters. The van der Waals surface area contributed by atoms with Crippen LogP contribution >= 0.6 is 0 Å². The van der Waals surface area contributed by atoms with E-state index in [-0.39, 0.29) is 6.03 Å². The van der Waals surface area contributed by atoms with Crippen molar-refractivity contribution in [2.75, 3.05) is 13.1 Å². The molecule has 0 aromatic heterocycles. The molecule has 0 aliphatic carbocycles. The van der Waals surface area contributed by atoms with Crippen molar-refractivity contribution in [1.29, 1.82) is 0 Å². The number of aliphatic carboxylic acids is 1. The number of hydrogen-bond acceptors (Lipinski definition) is 2. The highest BCUT2D eigenvalue weighted by Crippen LogP contribution is 1.99. The molecule has 0 heterocycles. The molecule has 0 fully saturated rings. The smallest absolute Gasteiger partial charge is 0.314 e. The van der Waals surface area contributed by atoms with E-state index in [1.165, 1.54) is 0 Å². The fourth-order valence-corrected chi connectivity index (χ4v) is 0.836. The van der Waals surface area contributed by atoms with Gasteiger partial charge in [-0.05, 0) is 6.42 Å². The lowest BCUT2D eigenvalue weighted by Crippen LogP contribution is -2.37. The van der Waals surface area contributed by atoms with Gasteiger partial charge in [0.05, 0.1) is 5.92 Å². The Morgan fingerprint density at radius 3 is 2.53 bits per heavy atom. The Kier molecular flexibility index (Phi) is 6.81. The third-order valence-electron chi connectivity index (χ3n) is 1.84. The number of carboxylic acid groups (broad SMARTS) is 1. The van der Waals surface area contributed by atoms with Gasteiger partial charge in [0.25, 0.3) is 0 Å². The molecule has 15 heavy (non-hydrogen) atoms. The molecule has 84 valence electrons. The van der Waals surface area contributed by atoms with E-state index >= 15 is 0 Å². The van der Waals surface area contributed by atoms with E-state index in [9.17, 15) is 9.59 Å². The van der Waals surface area contributed by atoms with Crippen molar-refractivity contribution >= 4 is 12.0 Å². The zero-order valence-corrected chi connectivity index (χ0v) is 8.75. The summed E-state index contributed by atoms with van der Waals surface area (Å²) in [4.78, 5) is 21.5. The third-order valence-corrected chi connectivity index (χ3v) is 1.84. The van der Waals surface area contributed by atoms with Gasteiger partial charge in [0.2, 0.25) is 0 Å². The molecule has 1 atom stereocenters. The molecule has 3 N–H and O–H groups in total. The number of hydrogen-bond donors (Lipinski definition) is 3. The number of carbonyl (C=O) groups excluding carboxylic acids is 1. The van der Waals surface area contributed by atoms with Crippen LogP contribution in [0.15, 0.2) is 0 Å². The van der Waals surface area contributed by atoms with Gasteiger partial charge < -0.3 is 15.7 Å². The Morgan fingerprint density at radius 1 is 1.40 bits per heavy atom. The number of nitrogens with one attached hydrogen (secondary N) is 2. The van der Waals surface area contributed by atoms with Crippen LogP contribution in [0.4, 0.5) is 4.79 Å². The fraction of sp³-hybridized carbons (Fsp3) is 0.600. The Hall–Kier alpha value is -1.70. The first kappa shape index (κ1) is 13.3. The first-order valence-electron chi connectivity index (χ1n) is 4.76. The Morgan fingerprint density at radius 2 is 2.00 bits per heavy atom. The van der Waals surface area contributed by atoms with Gasteiger partial charge in [-0.25, -0.2) is 4.79 Å². The van der Waals surface area contributed by atoms with Crippen LogP contribution in [0.3, 0.4) is 0 Å². The van der Waals surface area contributed by atoms with E-state index in [4.69, 9.17) is 11.5 Å². The van der Waals surface area contributed by atoms with Crippen molar-refractivity contribution in [1.82, 2.24) is 10.6 Å². The van der Waals surface area contributed by atoms with Crippen molar-refractivity contribution in [2.45, 2.75) is 19.8 Å². The Bertz CT molecular complexity index is 258. The highest BCUT2D eigenvalue weighted by atomic mass is 16.4. The van der Waals surface area contributed by atoms with Gasteiger partial charge in [-0.3, -0.25) is 4.79 Å². The predicted molar refractivity (Wildman–Crippen MR) is 56.3 cm³/mol. The first-order valence-corrected chi connectivity index (χ1v) is 4.76. The van der Waals surface area contributed by atoms with Gasteiger partial charge in [0, 0.05) is 19.5 Å². The minimum atomic E-state index is -0.857. The van der Waals surface area contributed by atoms with Gasteiger partial charge >= 0.3 is 12.0 Å². The van der Waals surface area contributed by atoms with Crippen LogP contribution in [0.2, 0.25) is 0 Å². The predicted octanol–water partition coefficient (Wildman–Crippen LogP) is 0.420. The molecule has 5 heteroatoms. The Balaban J connectivity index is 3.47. The summed E-state index contributed by atoms with van der Waals surface area (Å²) in [5.41, 5.74) is 0. The highest BCUT2D eigenvalue weighted by Gasteiger charge is 2.10. The quantitative estimate of drug-likeness (QED) is 0.441. The second-order valence-corrected chi connectivity index (χ2v) is 3.16. The summed E-state index contributed by atoms with van der Waals surface area (Å²) in [7, 11) is 0. The molecule has 5 nitrogen and oxygen atoms in total. The molecule has 0 aliphatic rings. The van der Waals surface area contributed by atoms with E-state index in [1.54, 1.807) is 6.92 Å². The van der Waals surface area contributed by atoms with Crippen LogP contribution in [0.5, 0.6) is 0 Å². The summed E-state index contributed by atoms with van der Waals surface area (Å²) in [6.45, 7) is 2.37. The standard InChI is InChI=1S/C10H16N2O3/c1-3-4-6-11-10(15)12-7-5-8(2)9(13)14/h1,8H,4-7H2,2H3,(H,13,14)(H2,11,12,15). The first-order chi connectivity index (χ1) is 7.07. The summed E-state index contributed by atoms with van der Waals surface area (Å²) in [6, 6.07) is -0.317. The minimum Gasteiger partial charge on any atom is -0.481 e. The van der Waals surface area contributed by atoms with Gasteiger partial charge in [0.15, 0.2) is 0 Å². The van der Waals surface area contributed by atoms with E-state index in [2.05, 4.69) is 16.6 Å². The summed E-state index contributed by atoms with van der Waals surface area (Å²) in [6.07, 6.45) is 5.90. The van der Waals surface area contributed by atoms with E-state index in [0.29, 0.717) is 25.9 Å². The lowest BCUT2D eigenvalue weighted by Gasteiger charge is -2.08. The third kappa shape index (κ3) is 7.38. The van der Waals surface area contributed by atoms with Crippen molar-refractivity contribution < 1.29 is 14.7 Å². The normalized spacial score (nSPS) is 11.2. The SMILES string of the molecule is C#CCCNC(=O)NCCC(C)C(=O)O. The van der Waals surface area contributed by atoms with Crippen LogP contribution in [0.1, 0.15) is 19.8 Å². The molecule has 0 saturated heterocycles. The molecule has 0 radical (unpaired) electrons. The second-order valence-electron chi connectivity index (χ2n) is 3.16. The molecule has 0 bridgehead atoms. The number of amides is 2. The molecule has 0 rings (SSSR count). The van der Waals surface area contributed by atoms with Gasteiger partial charge in [-0.2, -0.15) is 0 Å². The molecule has 0 saturated carbocycles. The highest BCUT2D eigenvalue weighted by molar-refractivity contribution is 5.74. The zero-order valence-electron chi connectivity index (χ0n) is 8.75. The average Bonchev–Trinajstić information content (AvgIpc) is 2.18. The molecule has 0 spiro atoms. The Labute approximate surface area is 89.2 Å². The van der Waals surface area contributed by atoms with E-state index in [1.807, 2.05) is 0 Å². The van der Waals surface area contributed by atoms with Crippen LogP contribution in [0.25, 0.3) is 0 Å². The lowest BCUT2D eigenvalue weighted by molar-refractivity contribution is -0.141. The largest absolute Gasteiger partial charge is 0.481 e. The molecular weight excluding hydrogens is 196 g/mol. The number of rotatable bonds is 6. The lowest BCUT2D eigenvalue weighted by atomic mass is 10.1. The molecule has 2 amide bonds. The number of carbonyl (C=O) groups is 2. The molecular formula is C10H16N2O3. The summed E-state index contributed by atoms with van der Waals surface area (Å²) < 4.78 is 0. The maximum absolute atomic E-state index is 11.0. The van der Waals surface area contributed by atoms with Crippen LogP contribution < -0.4 is 10.6 Å². The van der Waals surface area contributed by atoms with Gasteiger partial charge in [-0.1, -0.05) is 6.92 Å².